The number of nitrogens with one attached hydrogen (secondary N) is 1. The molecule has 5 nitrogen and oxygen atoms in total. The lowest BCUT2D eigenvalue weighted by molar-refractivity contribution is 0.147. The van der Waals surface area contributed by atoms with Crippen molar-refractivity contribution >= 4 is 11.7 Å². The topological polar surface area (TPSA) is 44.8 Å². The number of rotatable bonds is 2. The van der Waals surface area contributed by atoms with Crippen molar-refractivity contribution in [1.29, 1.82) is 0 Å². The summed E-state index contributed by atoms with van der Waals surface area (Å²) >= 11 is 0. The first kappa shape index (κ1) is 12.3. The molecule has 1 aromatic carbocycles. The summed E-state index contributed by atoms with van der Waals surface area (Å²) in [5.41, 5.74) is 0.868. The molecule has 3 rings (SSSR count). The van der Waals surface area contributed by atoms with Crippen molar-refractivity contribution in [1.82, 2.24) is 10.2 Å². The van der Waals surface area contributed by atoms with Gasteiger partial charge in [0.2, 0.25) is 0 Å². The summed E-state index contributed by atoms with van der Waals surface area (Å²) in [5.74, 6) is 0.754. The zero-order valence-electron chi connectivity index (χ0n) is 11.1. The average molecular weight is 261 g/mol. The predicted molar refractivity (Wildman–Crippen MR) is 73.7 cm³/mol. The minimum Gasteiger partial charge on any atom is -0.495 e. The zero-order chi connectivity index (χ0) is 13.2. The highest BCUT2D eigenvalue weighted by Crippen LogP contribution is 2.31. The van der Waals surface area contributed by atoms with Gasteiger partial charge in [0.15, 0.2) is 0 Å². The lowest BCUT2D eigenvalue weighted by Crippen LogP contribution is -2.61. The van der Waals surface area contributed by atoms with Crippen LogP contribution in [-0.2, 0) is 0 Å². The number of fused-ring (bicyclic) bond motifs is 1. The monoisotopic (exact) mass is 261 g/mol. The summed E-state index contributed by atoms with van der Waals surface area (Å²) in [6, 6.07) is 8.14. The van der Waals surface area contributed by atoms with Crippen molar-refractivity contribution in [2.75, 3.05) is 38.2 Å². The molecule has 0 aliphatic carbocycles. The van der Waals surface area contributed by atoms with Gasteiger partial charge in [-0.2, -0.15) is 0 Å². The van der Waals surface area contributed by atoms with E-state index in [1.165, 1.54) is 0 Å². The Balaban J connectivity index is 1.87. The number of anilines is 1. The average Bonchev–Trinajstić information content (AvgIpc) is 2.48. The van der Waals surface area contributed by atoms with Gasteiger partial charge >= 0.3 is 6.03 Å². The maximum atomic E-state index is 12.6. The molecule has 102 valence electrons. The van der Waals surface area contributed by atoms with Gasteiger partial charge in [0, 0.05) is 32.2 Å². The molecular formula is C14H19N3O2. The van der Waals surface area contributed by atoms with Crippen LogP contribution in [0.15, 0.2) is 24.3 Å². The van der Waals surface area contributed by atoms with Gasteiger partial charge in [-0.15, -0.1) is 0 Å². The maximum absolute atomic E-state index is 12.6. The van der Waals surface area contributed by atoms with Crippen molar-refractivity contribution in [2.45, 2.75) is 12.5 Å². The molecule has 1 unspecified atom stereocenters. The molecule has 1 N–H and O–H groups in total. The quantitative estimate of drug-likeness (QED) is 0.872. The summed E-state index contributed by atoms with van der Waals surface area (Å²) < 4.78 is 5.36. The zero-order valence-corrected chi connectivity index (χ0v) is 11.1. The molecule has 0 radical (unpaired) electrons. The van der Waals surface area contributed by atoms with Gasteiger partial charge in [0.25, 0.3) is 0 Å². The summed E-state index contributed by atoms with van der Waals surface area (Å²) in [7, 11) is 1.64. The Morgan fingerprint density at radius 1 is 1.32 bits per heavy atom. The molecule has 0 aromatic heterocycles. The van der Waals surface area contributed by atoms with Crippen molar-refractivity contribution in [3.05, 3.63) is 24.3 Å². The standard InChI is InChI=1S/C14H19N3O2/c1-19-13-5-3-2-4-12(13)17-8-6-11-10-15-7-9-16(11)14(17)18/h2-5,11,15H,6-10H2,1H3. The van der Waals surface area contributed by atoms with E-state index >= 15 is 0 Å². The fraction of sp³-hybridized carbons (Fsp3) is 0.500. The number of carbonyl (C=O) groups excluding carboxylic acids is 1. The first-order chi connectivity index (χ1) is 9.31. The van der Waals surface area contributed by atoms with Crippen molar-refractivity contribution in [2.24, 2.45) is 0 Å². The SMILES string of the molecule is COc1ccccc1N1CCC2CNCCN2C1=O. The summed E-state index contributed by atoms with van der Waals surface area (Å²) in [6.07, 6.45) is 0.997. The molecule has 19 heavy (non-hydrogen) atoms. The molecule has 2 aliphatic heterocycles. The maximum Gasteiger partial charge on any atom is 0.324 e. The number of amides is 2. The first-order valence-electron chi connectivity index (χ1n) is 6.73. The van der Waals surface area contributed by atoms with E-state index in [1.54, 1.807) is 7.11 Å². The minimum absolute atomic E-state index is 0.0993. The molecule has 2 aliphatic rings. The molecule has 5 heteroatoms. The Labute approximate surface area is 113 Å². The smallest absolute Gasteiger partial charge is 0.324 e. The van der Waals surface area contributed by atoms with E-state index in [-0.39, 0.29) is 6.03 Å². The fourth-order valence-electron chi connectivity index (χ4n) is 2.88. The third-order valence-electron chi connectivity index (χ3n) is 3.89. The van der Waals surface area contributed by atoms with Crippen LogP contribution in [-0.4, -0.2) is 50.3 Å². The third kappa shape index (κ3) is 2.14. The number of carbonyl (C=O) groups is 1. The number of urea groups is 1. The second-order valence-electron chi connectivity index (χ2n) is 4.95. The largest absolute Gasteiger partial charge is 0.495 e. The Morgan fingerprint density at radius 2 is 2.16 bits per heavy atom. The molecule has 2 fully saturated rings. The highest BCUT2D eigenvalue weighted by molar-refractivity contribution is 5.94. The summed E-state index contributed by atoms with van der Waals surface area (Å²) in [5, 5.41) is 3.34. The van der Waals surface area contributed by atoms with E-state index in [2.05, 4.69) is 5.32 Å². The van der Waals surface area contributed by atoms with E-state index in [0.717, 1.165) is 44.0 Å². The Bertz CT molecular complexity index is 478. The van der Waals surface area contributed by atoms with Crippen LogP contribution in [0.4, 0.5) is 10.5 Å². The molecule has 2 heterocycles. The number of hydrogen-bond acceptors (Lipinski definition) is 3. The number of methoxy groups -OCH3 is 1. The van der Waals surface area contributed by atoms with Crippen LogP contribution in [0.5, 0.6) is 5.75 Å². The minimum atomic E-state index is 0.0993. The van der Waals surface area contributed by atoms with E-state index in [1.807, 2.05) is 34.1 Å². The van der Waals surface area contributed by atoms with Gasteiger partial charge in [0.1, 0.15) is 5.75 Å². The molecule has 1 aromatic rings. The number of ether oxygens (including phenoxy) is 1. The second-order valence-corrected chi connectivity index (χ2v) is 4.95. The van der Waals surface area contributed by atoms with Gasteiger partial charge in [0.05, 0.1) is 12.8 Å². The molecule has 2 saturated heterocycles. The first-order valence-corrected chi connectivity index (χ1v) is 6.73. The highest BCUT2D eigenvalue weighted by atomic mass is 16.5. The molecule has 0 bridgehead atoms. The third-order valence-corrected chi connectivity index (χ3v) is 3.89. The normalized spacial score (nSPS) is 23.2. The predicted octanol–water partition coefficient (Wildman–Crippen LogP) is 1.30. The highest BCUT2D eigenvalue weighted by Gasteiger charge is 2.36. The number of benzene rings is 1. The number of nitrogens with zero attached hydrogens (tertiary/aromatic N) is 2. The number of para-hydroxylation sites is 2. The van der Waals surface area contributed by atoms with Crippen LogP contribution in [0.2, 0.25) is 0 Å². The lowest BCUT2D eigenvalue weighted by atomic mass is 10.1. The number of hydrogen-bond donors (Lipinski definition) is 1. The Hall–Kier alpha value is -1.75. The molecule has 1 atom stereocenters. The fourth-order valence-corrected chi connectivity index (χ4v) is 2.88. The van der Waals surface area contributed by atoms with E-state index in [0.29, 0.717) is 6.04 Å². The van der Waals surface area contributed by atoms with E-state index < -0.39 is 0 Å². The van der Waals surface area contributed by atoms with Gasteiger partial charge in [-0.1, -0.05) is 12.1 Å². The van der Waals surface area contributed by atoms with E-state index in [9.17, 15) is 4.79 Å². The second kappa shape index (κ2) is 5.09. The van der Waals surface area contributed by atoms with Gasteiger partial charge in [-0.05, 0) is 18.6 Å². The van der Waals surface area contributed by atoms with Crippen LogP contribution in [0.3, 0.4) is 0 Å². The van der Waals surface area contributed by atoms with Crippen LogP contribution in [0, 0.1) is 0 Å². The molecule has 0 spiro atoms. The van der Waals surface area contributed by atoms with Crippen LogP contribution in [0.1, 0.15) is 6.42 Å². The van der Waals surface area contributed by atoms with Crippen molar-refractivity contribution < 1.29 is 9.53 Å². The van der Waals surface area contributed by atoms with Gasteiger partial charge in [-0.3, -0.25) is 4.90 Å². The Morgan fingerprint density at radius 3 is 3.00 bits per heavy atom. The lowest BCUT2D eigenvalue weighted by Gasteiger charge is -2.44. The Kier molecular flexibility index (Phi) is 3.29. The molecule has 2 amide bonds. The van der Waals surface area contributed by atoms with Crippen LogP contribution in [0.25, 0.3) is 0 Å². The van der Waals surface area contributed by atoms with Gasteiger partial charge in [-0.25, -0.2) is 4.79 Å². The van der Waals surface area contributed by atoms with Crippen molar-refractivity contribution in [3.8, 4) is 5.75 Å². The summed E-state index contributed by atoms with van der Waals surface area (Å²) in [4.78, 5) is 16.4. The van der Waals surface area contributed by atoms with Crippen LogP contribution < -0.4 is 15.0 Å². The summed E-state index contributed by atoms with van der Waals surface area (Å²) in [6.45, 7) is 3.32. The number of piperazine rings is 1. The van der Waals surface area contributed by atoms with Gasteiger partial charge < -0.3 is 15.0 Å². The van der Waals surface area contributed by atoms with Crippen LogP contribution >= 0.6 is 0 Å². The molecule has 0 saturated carbocycles. The van der Waals surface area contributed by atoms with E-state index in [4.69, 9.17) is 4.74 Å². The van der Waals surface area contributed by atoms with Crippen molar-refractivity contribution in [3.63, 3.8) is 0 Å². The molecular weight excluding hydrogens is 242 g/mol.